The Labute approximate surface area is 111 Å². The highest BCUT2D eigenvalue weighted by atomic mass is 32.2. The highest BCUT2D eigenvalue weighted by Gasteiger charge is 2.23. The smallest absolute Gasteiger partial charge is 0.268 e. The number of pyridine rings is 1. The average molecular weight is 266 g/mol. The normalized spacial score (nSPS) is 23.6. The summed E-state index contributed by atoms with van der Waals surface area (Å²) in [5.41, 5.74) is 0.0991. The molecule has 1 aromatic heterocycles. The predicted molar refractivity (Wildman–Crippen MR) is 74.1 cm³/mol. The lowest BCUT2D eigenvalue weighted by molar-refractivity contribution is 0.0923. The topological polar surface area (TPSA) is 62.0 Å². The van der Waals surface area contributed by atoms with Gasteiger partial charge in [-0.3, -0.25) is 9.59 Å². The van der Waals surface area contributed by atoms with Gasteiger partial charge in [0.1, 0.15) is 5.69 Å². The predicted octanol–water partition coefficient (Wildman–Crippen LogP) is 1.78. The number of thioether (sulfide) groups is 1. The lowest BCUT2D eigenvalue weighted by Crippen LogP contribution is -2.39. The van der Waals surface area contributed by atoms with Crippen molar-refractivity contribution in [3.05, 3.63) is 34.2 Å². The fourth-order valence-corrected chi connectivity index (χ4v) is 3.16. The van der Waals surface area contributed by atoms with Crippen molar-refractivity contribution in [3.8, 4) is 0 Å². The van der Waals surface area contributed by atoms with E-state index >= 15 is 0 Å². The van der Waals surface area contributed by atoms with Crippen LogP contribution in [0.2, 0.25) is 0 Å². The Hall–Kier alpha value is -1.23. The molecule has 0 aliphatic heterocycles. The first-order chi connectivity index (χ1) is 8.69. The largest absolute Gasteiger partial charge is 0.348 e. The second-order valence-electron chi connectivity index (χ2n) is 4.62. The van der Waals surface area contributed by atoms with Crippen molar-refractivity contribution in [2.75, 3.05) is 6.26 Å². The summed E-state index contributed by atoms with van der Waals surface area (Å²) >= 11 is 1.87. The van der Waals surface area contributed by atoms with Crippen molar-refractivity contribution in [2.24, 2.45) is 0 Å². The molecule has 0 aromatic carbocycles. The summed E-state index contributed by atoms with van der Waals surface area (Å²) in [6, 6.07) is 4.86. The van der Waals surface area contributed by atoms with Crippen LogP contribution in [0.25, 0.3) is 0 Å². The molecular formula is C13H18N2O2S. The quantitative estimate of drug-likeness (QED) is 0.876. The zero-order valence-corrected chi connectivity index (χ0v) is 11.3. The number of carbonyl (C=O) groups is 1. The maximum atomic E-state index is 12.0. The van der Waals surface area contributed by atoms with Crippen molar-refractivity contribution in [1.82, 2.24) is 10.3 Å². The van der Waals surface area contributed by atoms with Crippen LogP contribution in [0.1, 0.15) is 36.2 Å². The van der Waals surface area contributed by atoms with Gasteiger partial charge in [0.05, 0.1) is 0 Å². The van der Waals surface area contributed by atoms with Crippen molar-refractivity contribution in [3.63, 3.8) is 0 Å². The van der Waals surface area contributed by atoms with E-state index in [1.54, 1.807) is 12.1 Å². The summed E-state index contributed by atoms with van der Waals surface area (Å²) in [6.07, 6.45) is 6.55. The number of hydrogen-bond donors (Lipinski definition) is 2. The van der Waals surface area contributed by atoms with E-state index in [0.717, 1.165) is 19.3 Å². The Balaban J connectivity index is 1.97. The van der Waals surface area contributed by atoms with Gasteiger partial charge in [-0.05, 0) is 31.6 Å². The molecule has 2 atom stereocenters. The van der Waals surface area contributed by atoms with Gasteiger partial charge in [-0.25, -0.2) is 0 Å². The molecule has 2 rings (SSSR count). The summed E-state index contributed by atoms with van der Waals surface area (Å²) in [4.78, 5) is 25.7. The van der Waals surface area contributed by atoms with Crippen LogP contribution in [0.15, 0.2) is 23.0 Å². The molecule has 1 aliphatic carbocycles. The number of H-pyrrole nitrogens is 1. The molecule has 4 nitrogen and oxygen atoms in total. The van der Waals surface area contributed by atoms with Gasteiger partial charge in [-0.15, -0.1) is 0 Å². The van der Waals surface area contributed by atoms with Gasteiger partial charge in [0.2, 0.25) is 5.56 Å². The van der Waals surface area contributed by atoms with Crippen LogP contribution in [0.5, 0.6) is 0 Å². The molecule has 1 fully saturated rings. The third-order valence-electron chi connectivity index (χ3n) is 3.31. The summed E-state index contributed by atoms with van der Waals surface area (Å²) in [5, 5.41) is 3.64. The van der Waals surface area contributed by atoms with E-state index in [4.69, 9.17) is 0 Å². The van der Waals surface area contributed by atoms with E-state index in [1.807, 2.05) is 11.8 Å². The molecule has 5 heteroatoms. The maximum absolute atomic E-state index is 12.0. The Morgan fingerprint density at radius 3 is 3.00 bits per heavy atom. The molecule has 0 radical (unpaired) electrons. The number of aromatic nitrogens is 1. The molecule has 1 aromatic rings. The van der Waals surface area contributed by atoms with E-state index < -0.39 is 0 Å². The lowest BCUT2D eigenvalue weighted by Gasteiger charge is -2.28. The number of carbonyl (C=O) groups excluding carboxylic acids is 1. The SMILES string of the molecule is CSC1CCCC(NC(=O)c2cccc(=O)[nH]2)C1. The van der Waals surface area contributed by atoms with Crippen molar-refractivity contribution in [2.45, 2.75) is 37.0 Å². The molecule has 1 amide bonds. The second kappa shape index (κ2) is 6.09. The molecular weight excluding hydrogens is 248 g/mol. The van der Waals surface area contributed by atoms with Crippen LogP contribution in [0.3, 0.4) is 0 Å². The molecule has 2 unspecified atom stereocenters. The van der Waals surface area contributed by atoms with Gasteiger partial charge in [-0.1, -0.05) is 12.5 Å². The van der Waals surface area contributed by atoms with Crippen LogP contribution >= 0.6 is 11.8 Å². The van der Waals surface area contributed by atoms with Gasteiger partial charge in [0.15, 0.2) is 0 Å². The molecule has 2 N–H and O–H groups in total. The van der Waals surface area contributed by atoms with Gasteiger partial charge < -0.3 is 10.3 Å². The minimum Gasteiger partial charge on any atom is -0.348 e. The highest BCUT2D eigenvalue weighted by Crippen LogP contribution is 2.26. The average Bonchev–Trinajstić information content (AvgIpc) is 2.39. The van der Waals surface area contributed by atoms with Crippen LogP contribution in [0, 0.1) is 0 Å². The Bertz CT molecular complexity index is 472. The number of aromatic amines is 1. The third kappa shape index (κ3) is 3.38. The maximum Gasteiger partial charge on any atom is 0.268 e. The van der Waals surface area contributed by atoms with Gasteiger partial charge in [-0.2, -0.15) is 11.8 Å². The van der Waals surface area contributed by atoms with E-state index in [2.05, 4.69) is 16.6 Å². The van der Waals surface area contributed by atoms with Gasteiger partial charge >= 0.3 is 0 Å². The van der Waals surface area contributed by atoms with E-state index in [1.165, 1.54) is 12.5 Å². The van der Waals surface area contributed by atoms with Crippen LogP contribution in [0.4, 0.5) is 0 Å². The van der Waals surface area contributed by atoms with Crippen LogP contribution in [-0.4, -0.2) is 28.4 Å². The van der Waals surface area contributed by atoms with Crippen LogP contribution < -0.4 is 10.9 Å². The Morgan fingerprint density at radius 1 is 1.44 bits per heavy atom. The first-order valence-corrected chi connectivity index (χ1v) is 7.51. The lowest BCUT2D eigenvalue weighted by atomic mass is 9.95. The number of rotatable bonds is 3. The van der Waals surface area contributed by atoms with E-state index in [9.17, 15) is 9.59 Å². The van der Waals surface area contributed by atoms with Crippen molar-refractivity contribution < 1.29 is 4.79 Å². The van der Waals surface area contributed by atoms with Crippen molar-refractivity contribution >= 4 is 17.7 Å². The van der Waals surface area contributed by atoms with Gasteiger partial charge in [0, 0.05) is 17.4 Å². The highest BCUT2D eigenvalue weighted by molar-refractivity contribution is 7.99. The third-order valence-corrected chi connectivity index (χ3v) is 4.40. The minimum absolute atomic E-state index is 0.181. The number of nitrogens with one attached hydrogen (secondary N) is 2. The fourth-order valence-electron chi connectivity index (χ4n) is 2.33. The molecule has 98 valence electrons. The summed E-state index contributed by atoms with van der Waals surface area (Å²) < 4.78 is 0. The van der Waals surface area contributed by atoms with Crippen molar-refractivity contribution in [1.29, 1.82) is 0 Å². The second-order valence-corrected chi connectivity index (χ2v) is 5.76. The number of amides is 1. The Kier molecular flexibility index (Phi) is 4.47. The minimum atomic E-state index is -0.242. The first-order valence-electron chi connectivity index (χ1n) is 6.22. The molecule has 18 heavy (non-hydrogen) atoms. The molecule has 0 saturated heterocycles. The van der Waals surface area contributed by atoms with Crippen LogP contribution in [-0.2, 0) is 0 Å². The fraction of sp³-hybridized carbons (Fsp3) is 0.538. The van der Waals surface area contributed by atoms with E-state index in [-0.39, 0.29) is 17.5 Å². The standard InChI is InChI=1S/C13H18N2O2S/c1-18-10-5-2-4-9(8-10)14-13(17)11-6-3-7-12(16)15-11/h3,6-7,9-10H,2,4-5,8H2,1H3,(H,14,17)(H,15,16). The molecule has 1 heterocycles. The van der Waals surface area contributed by atoms with Gasteiger partial charge in [0.25, 0.3) is 5.91 Å². The van der Waals surface area contributed by atoms with E-state index in [0.29, 0.717) is 10.9 Å². The molecule has 1 aliphatic rings. The zero-order chi connectivity index (χ0) is 13.0. The number of hydrogen-bond acceptors (Lipinski definition) is 3. The summed E-state index contributed by atoms with van der Waals surface area (Å²) in [7, 11) is 0. The zero-order valence-electron chi connectivity index (χ0n) is 10.4. The summed E-state index contributed by atoms with van der Waals surface area (Å²) in [6.45, 7) is 0. The molecule has 1 saturated carbocycles. The monoisotopic (exact) mass is 266 g/mol. The Morgan fingerprint density at radius 2 is 2.28 bits per heavy atom. The summed E-state index contributed by atoms with van der Waals surface area (Å²) in [5.74, 6) is -0.181. The molecule has 0 spiro atoms. The molecule has 0 bridgehead atoms. The first kappa shape index (κ1) is 13.2.